The van der Waals surface area contributed by atoms with Gasteiger partial charge in [-0.25, -0.2) is 0 Å². The fourth-order valence-corrected chi connectivity index (χ4v) is 11.0. The molecule has 10 saturated heterocycles. The highest BCUT2D eigenvalue weighted by Crippen LogP contribution is 2.54. The van der Waals surface area contributed by atoms with Crippen LogP contribution >= 0.6 is 0 Å². The van der Waals surface area contributed by atoms with Crippen LogP contribution in [0.25, 0.3) is 0 Å². The Hall–Kier alpha value is -1.28. The lowest BCUT2D eigenvalue weighted by Gasteiger charge is -2.47. The van der Waals surface area contributed by atoms with Crippen molar-refractivity contribution >= 4 is 12.1 Å². The van der Waals surface area contributed by atoms with Crippen molar-refractivity contribution in [1.82, 2.24) is 0 Å². The second-order valence-corrected chi connectivity index (χ2v) is 16.6. The monoisotopic (exact) mass is 686 g/mol. The molecule has 0 saturated carbocycles. The molecule has 11 nitrogen and oxygen atoms in total. The predicted molar refractivity (Wildman–Crippen MR) is 173 cm³/mol. The summed E-state index contributed by atoms with van der Waals surface area (Å²) in [6.45, 7) is 6.68. The molecule has 10 aliphatic heterocycles. The summed E-state index contributed by atoms with van der Waals surface area (Å²) in [7, 11) is 1.65. The highest BCUT2D eigenvalue weighted by Gasteiger charge is 2.68. The number of fused-ring (bicyclic) bond motifs is 6. The Morgan fingerprint density at radius 1 is 0.755 bits per heavy atom. The Kier molecular flexibility index (Phi) is 9.10. The van der Waals surface area contributed by atoms with Crippen molar-refractivity contribution < 1.29 is 52.2 Å². The van der Waals surface area contributed by atoms with Gasteiger partial charge in [0.1, 0.15) is 42.6 Å². The topological polar surface area (TPSA) is 117 Å². The first-order valence-electron chi connectivity index (χ1n) is 19.2. The summed E-state index contributed by atoms with van der Waals surface area (Å²) in [6, 6.07) is 0. The van der Waals surface area contributed by atoms with Crippen molar-refractivity contribution in [2.75, 3.05) is 7.11 Å². The van der Waals surface area contributed by atoms with E-state index in [9.17, 15) is 9.59 Å². The molecule has 49 heavy (non-hydrogen) atoms. The summed E-state index contributed by atoms with van der Waals surface area (Å²) < 4.78 is 59.6. The molecule has 0 aromatic heterocycles. The van der Waals surface area contributed by atoms with E-state index in [1.807, 2.05) is 0 Å². The number of aldehydes is 1. The van der Waals surface area contributed by atoms with Gasteiger partial charge < -0.3 is 47.4 Å². The van der Waals surface area contributed by atoms with E-state index in [4.69, 9.17) is 42.6 Å². The van der Waals surface area contributed by atoms with Crippen LogP contribution in [0.1, 0.15) is 96.8 Å². The molecular formula is C38H54O11. The lowest BCUT2D eigenvalue weighted by molar-refractivity contribution is -0.292. The molecule has 0 aromatic rings. The quantitative estimate of drug-likeness (QED) is 0.315. The molecule has 272 valence electrons. The third-order valence-corrected chi connectivity index (χ3v) is 13.5. The standard InChI is InChI=1S/C38H54O11/c1-19-14-24-7-6-22-4-5-23(42-22)10-12-38-18-31-34(48-38)35-36(47-31)37(49-38)33-27(46-35)9-8-25(44-33)15-21(40)16-26-30(17-29(43-24)20(19)2)45-28(11-13-39)32(26)41-3/h13,19,22-37H,2,4-12,14-18H2,1,3H3/t19-,22-,23-,24+,25-,26+,27+,28-,29-,30+,31-,32-,33+,34+,35+,36-,37+,38+/m1/s1. The molecule has 10 rings (SSSR count). The van der Waals surface area contributed by atoms with Crippen LogP contribution in [0.2, 0.25) is 0 Å². The van der Waals surface area contributed by atoms with Gasteiger partial charge in [-0.15, -0.1) is 0 Å². The zero-order valence-electron chi connectivity index (χ0n) is 29.0. The number of rotatable bonds is 3. The third kappa shape index (κ3) is 6.10. The largest absolute Gasteiger partial charge is 0.378 e. The normalized spacial score (nSPS) is 54.0. The molecule has 10 aliphatic rings. The maximum atomic E-state index is 13.9. The molecule has 10 heterocycles. The minimum absolute atomic E-state index is 0.0413. The number of Topliss-reactive ketones (excluding diaryl/α,β-unsaturated/α-hetero) is 1. The number of hydrogen-bond donors (Lipinski definition) is 0. The maximum Gasteiger partial charge on any atom is 0.172 e. The summed E-state index contributed by atoms with van der Waals surface area (Å²) in [5.41, 5.74) is 1.08. The minimum atomic E-state index is -0.736. The Morgan fingerprint density at radius 3 is 2.31 bits per heavy atom. The van der Waals surface area contributed by atoms with Gasteiger partial charge in [-0.3, -0.25) is 4.79 Å². The van der Waals surface area contributed by atoms with E-state index in [2.05, 4.69) is 13.5 Å². The van der Waals surface area contributed by atoms with Gasteiger partial charge in [-0.1, -0.05) is 13.5 Å². The molecule has 18 atom stereocenters. The van der Waals surface area contributed by atoms with Gasteiger partial charge in [0.25, 0.3) is 0 Å². The van der Waals surface area contributed by atoms with Gasteiger partial charge in [0.05, 0.1) is 61.0 Å². The van der Waals surface area contributed by atoms with Crippen LogP contribution in [0.15, 0.2) is 12.2 Å². The van der Waals surface area contributed by atoms with E-state index in [-0.39, 0.29) is 110 Å². The molecule has 0 aliphatic carbocycles. The second-order valence-electron chi connectivity index (χ2n) is 16.6. The number of ketones is 1. The van der Waals surface area contributed by atoms with Gasteiger partial charge in [0, 0.05) is 51.6 Å². The molecule has 11 heteroatoms. The summed E-state index contributed by atoms with van der Waals surface area (Å²) >= 11 is 0. The van der Waals surface area contributed by atoms with E-state index in [0.29, 0.717) is 25.2 Å². The van der Waals surface area contributed by atoms with E-state index in [1.54, 1.807) is 7.11 Å². The highest BCUT2D eigenvalue weighted by atomic mass is 16.8. The molecule has 10 fully saturated rings. The Balaban J connectivity index is 0.986. The van der Waals surface area contributed by atoms with Crippen molar-refractivity contribution in [3.8, 4) is 0 Å². The molecule has 0 amide bonds. The first-order valence-corrected chi connectivity index (χ1v) is 19.2. The zero-order valence-corrected chi connectivity index (χ0v) is 29.0. The molecule has 1 spiro atoms. The second kappa shape index (κ2) is 13.3. The number of methoxy groups -OCH3 is 1. The van der Waals surface area contributed by atoms with Gasteiger partial charge in [0.15, 0.2) is 5.79 Å². The lowest BCUT2D eigenvalue weighted by Crippen LogP contribution is -2.61. The first-order chi connectivity index (χ1) is 23.8. The van der Waals surface area contributed by atoms with Crippen LogP contribution in [0.3, 0.4) is 0 Å². The van der Waals surface area contributed by atoms with Crippen LogP contribution < -0.4 is 0 Å². The first kappa shape index (κ1) is 33.5. The van der Waals surface area contributed by atoms with E-state index >= 15 is 0 Å². The molecule has 0 N–H and O–H groups in total. The average molecular weight is 687 g/mol. The smallest absolute Gasteiger partial charge is 0.172 e. The van der Waals surface area contributed by atoms with Crippen LogP contribution in [0.4, 0.5) is 0 Å². The minimum Gasteiger partial charge on any atom is -0.378 e. The zero-order chi connectivity index (χ0) is 33.4. The van der Waals surface area contributed by atoms with Crippen molar-refractivity contribution in [3.05, 3.63) is 12.2 Å². The van der Waals surface area contributed by atoms with Crippen molar-refractivity contribution in [1.29, 1.82) is 0 Å². The van der Waals surface area contributed by atoms with Gasteiger partial charge in [-0.2, -0.15) is 0 Å². The summed E-state index contributed by atoms with van der Waals surface area (Å²) in [5, 5.41) is 0. The fraction of sp³-hybridized carbons (Fsp3) is 0.895. The predicted octanol–water partition coefficient (Wildman–Crippen LogP) is 4.15. The van der Waals surface area contributed by atoms with Crippen molar-refractivity contribution in [2.45, 2.75) is 194 Å². The van der Waals surface area contributed by atoms with E-state index in [0.717, 1.165) is 69.6 Å². The molecule has 12 bridgehead atoms. The van der Waals surface area contributed by atoms with E-state index in [1.165, 1.54) is 0 Å². The summed E-state index contributed by atoms with van der Waals surface area (Å²) in [4.78, 5) is 25.6. The number of ether oxygens (including phenoxy) is 9. The number of carbonyl (C=O) groups is 2. The number of hydrogen-bond acceptors (Lipinski definition) is 11. The molecule has 0 unspecified atom stereocenters. The Bertz CT molecular complexity index is 1280. The molecule has 0 aromatic carbocycles. The Morgan fingerprint density at radius 2 is 1.49 bits per heavy atom. The number of carbonyl (C=O) groups excluding carboxylic acids is 2. The SMILES string of the molecule is C=C1[C@H](C)C[C@@H]2CC[C@H]3CC[C@H](CC[C@@]45C[C@H]6O[C@H]7[C@@H](O4)[C@H]4O[C@H](CC[C@@H]4O[C@H]7[C@H]6O5)CC(=O)C[C@@H]4[C@@H](OC)[C@@H](CC=O)O[C@H]4C[C@H]1O2)O3. The molecule has 0 radical (unpaired) electrons. The van der Waals surface area contributed by atoms with Crippen LogP contribution in [-0.4, -0.2) is 117 Å². The van der Waals surface area contributed by atoms with Gasteiger partial charge in [0.2, 0.25) is 0 Å². The Labute approximate surface area is 289 Å². The maximum absolute atomic E-state index is 13.9. The van der Waals surface area contributed by atoms with Crippen LogP contribution in [0, 0.1) is 11.8 Å². The van der Waals surface area contributed by atoms with Crippen LogP contribution in [-0.2, 0) is 52.2 Å². The van der Waals surface area contributed by atoms with Gasteiger partial charge >= 0.3 is 0 Å². The summed E-state index contributed by atoms with van der Waals surface area (Å²) in [6.07, 6.45) is 8.72. The van der Waals surface area contributed by atoms with E-state index < -0.39 is 11.9 Å². The highest BCUT2D eigenvalue weighted by molar-refractivity contribution is 5.79. The van der Waals surface area contributed by atoms with Crippen LogP contribution in [0.5, 0.6) is 0 Å². The third-order valence-electron chi connectivity index (χ3n) is 13.5. The summed E-state index contributed by atoms with van der Waals surface area (Å²) in [5.74, 6) is -0.514. The lowest BCUT2D eigenvalue weighted by atomic mass is 9.81. The van der Waals surface area contributed by atoms with Crippen molar-refractivity contribution in [3.63, 3.8) is 0 Å². The van der Waals surface area contributed by atoms with Crippen molar-refractivity contribution in [2.24, 2.45) is 11.8 Å². The average Bonchev–Trinajstić information content (AvgIpc) is 3.80. The van der Waals surface area contributed by atoms with Gasteiger partial charge in [-0.05, 0) is 62.9 Å². The fourth-order valence-electron chi connectivity index (χ4n) is 11.0. The molecular weight excluding hydrogens is 632 g/mol.